The molecule has 7 aromatic carbocycles. The molecule has 0 heterocycles. The Morgan fingerprint density at radius 1 is 0.234 bits per heavy atom. The zero-order valence-corrected chi connectivity index (χ0v) is 26.7. The van der Waals surface area contributed by atoms with Crippen molar-refractivity contribution in [3.63, 3.8) is 0 Å². The van der Waals surface area contributed by atoms with Gasteiger partial charge in [0.05, 0.1) is 17.1 Å². The summed E-state index contributed by atoms with van der Waals surface area (Å²) in [6.07, 6.45) is 0. The lowest BCUT2D eigenvalue weighted by molar-refractivity contribution is 1.22. The molecule has 0 N–H and O–H groups in total. The Kier molecular flexibility index (Phi) is 8.52. The van der Waals surface area contributed by atoms with Gasteiger partial charge in [0.2, 0.25) is 0 Å². The van der Waals surface area contributed by atoms with Crippen molar-refractivity contribution in [3.05, 3.63) is 199 Å². The molecule has 0 aliphatic heterocycles. The van der Waals surface area contributed by atoms with Crippen LogP contribution in [0, 0.1) is 13.8 Å². The maximum absolute atomic E-state index is 2.37. The van der Waals surface area contributed by atoms with Crippen LogP contribution in [-0.2, 0) is 0 Å². The third-order valence-electron chi connectivity index (χ3n) is 8.24. The Morgan fingerprint density at radius 3 is 0.766 bits per heavy atom. The van der Waals surface area contributed by atoms with E-state index in [0.29, 0.717) is 0 Å². The molecule has 0 spiro atoms. The maximum atomic E-state index is 2.37. The molecule has 0 amide bonds. The molecule has 0 atom stereocenters. The number of nitrogens with zero attached hydrogens (tertiary/aromatic N) is 3. The first-order chi connectivity index (χ1) is 23.1. The number of aryl methyl sites for hydroxylation is 2. The van der Waals surface area contributed by atoms with Gasteiger partial charge in [-0.25, -0.2) is 0 Å². The van der Waals surface area contributed by atoms with E-state index < -0.39 is 0 Å². The molecule has 0 radical (unpaired) electrons. The van der Waals surface area contributed by atoms with Crippen LogP contribution in [0.4, 0.5) is 51.2 Å². The lowest BCUT2D eigenvalue weighted by Crippen LogP contribution is -2.16. The van der Waals surface area contributed by atoms with Crippen molar-refractivity contribution in [2.75, 3.05) is 14.7 Å². The van der Waals surface area contributed by atoms with Crippen molar-refractivity contribution >= 4 is 51.2 Å². The van der Waals surface area contributed by atoms with Gasteiger partial charge in [0.15, 0.2) is 0 Å². The molecule has 0 aliphatic rings. The van der Waals surface area contributed by atoms with Crippen LogP contribution in [0.2, 0.25) is 0 Å². The minimum atomic E-state index is 1.05. The Balaban J connectivity index is 1.54. The number of benzene rings is 7. The van der Waals surface area contributed by atoms with Crippen LogP contribution in [-0.4, -0.2) is 0 Å². The monoisotopic (exact) mass is 607 g/mol. The minimum absolute atomic E-state index is 1.05. The summed E-state index contributed by atoms with van der Waals surface area (Å²) >= 11 is 0. The molecule has 3 nitrogen and oxygen atoms in total. The molecule has 0 aromatic heterocycles. The molecule has 0 bridgehead atoms. The van der Waals surface area contributed by atoms with Gasteiger partial charge in [-0.1, -0.05) is 97.1 Å². The van der Waals surface area contributed by atoms with Gasteiger partial charge in [-0.15, -0.1) is 0 Å². The highest BCUT2D eigenvalue weighted by Crippen LogP contribution is 2.45. The normalized spacial score (nSPS) is 10.8. The number of para-hydroxylation sites is 4. The lowest BCUT2D eigenvalue weighted by atomic mass is 10.1. The molecule has 228 valence electrons. The third kappa shape index (κ3) is 6.51. The molecule has 47 heavy (non-hydrogen) atoms. The van der Waals surface area contributed by atoms with E-state index in [-0.39, 0.29) is 0 Å². The summed E-state index contributed by atoms with van der Waals surface area (Å²) < 4.78 is 0. The molecule has 0 saturated carbocycles. The van der Waals surface area contributed by atoms with Crippen LogP contribution in [0.5, 0.6) is 0 Å². The second-order valence-corrected chi connectivity index (χ2v) is 11.7. The van der Waals surface area contributed by atoms with Gasteiger partial charge in [-0.2, -0.15) is 0 Å². The number of anilines is 9. The fourth-order valence-corrected chi connectivity index (χ4v) is 6.15. The van der Waals surface area contributed by atoms with Gasteiger partial charge in [-0.3, -0.25) is 0 Å². The molecular formula is C44H37N3. The van der Waals surface area contributed by atoms with E-state index in [2.05, 4.69) is 217 Å². The van der Waals surface area contributed by atoms with E-state index in [1.54, 1.807) is 0 Å². The Labute approximate surface area is 278 Å². The first-order valence-corrected chi connectivity index (χ1v) is 16.0. The van der Waals surface area contributed by atoms with Gasteiger partial charge in [0.1, 0.15) is 0 Å². The lowest BCUT2D eigenvalue weighted by Gasteiger charge is -2.33. The molecule has 0 aliphatic carbocycles. The number of hydrogen-bond acceptors (Lipinski definition) is 3. The highest BCUT2D eigenvalue weighted by atomic mass is 15.2. The molecule has 0 saturated heterocycles. The Hall–Kier alpha value is -6.06. The third-order valence-corrected chi connectivity index (χ3v) is 8.24. The topological polar surface area (TPSA) is 9.72 Å². The van der Waals surface area contributed by atoms with Crippen molar-refractivity contribution in [1.82, 2.24) is 0 Å². The smallest absolute Gasteiger partial charge is 0.0503 e. The highest BCUT2D eigenvalue weighted by molar-refractivity contribution is 5.89. The average molecular weight is 608 g/mol. The molecular weight excluding hydrogens is 571 g/mol. The molecule has 7 rings (SSSR count). The van der Waals surface area contributed by atoms with Crippen LogP contribution in [0.1, 0.15) is 11.1 Å². The van der Waals surface area contributed by atoms with Crippen LogP contribution in [0.25, 0.3) is 0 Å². The van der Waals surface area contributed by atoms with Gasteiger partial charge in [0, 0.05) is 34.1 Å². The van der Waals surface area contributed by atoms with Crippen molar-refractivity contribution in [3.8, 4) is 0 Å². The zero-order valence-electron chi connectivity index (χ0n) is 26.7. The summed E-state index contributed by atoms with van der Waals surface area (Å²) in [7, 11) is 0. The predicted octanol–water partition coefficient (Wildman–Crippen LogP) is 12.7. The summed E-state index contributed by atoms with van der Waals surface area (Å²) in [4.78, 5) is 7.05. The van der Waals surface area contributed by atoms with Crippen molar-refractivity contribution in [2.24, 2.45) is 0 Å². The average Bonchev–Trinajstić information content (AvgIpc) is 3.11. The largest absolute Gasteiger partial charge is 0.310 e. The highest BCUT2D eigenvalue weighted by Gasteiger charge is 2.22. The number of rotatable bonds is 9. The Morgan fingerprint density at radius 2 is 0.489 bits per heavy atom. The predicted molar refractivity (Wildman–Crippen MR) is 200 cm³/mol. The van der Waals surface area contributed by atoms with Gasteiger partial charge < -0.3 is 14.7 Å². The standard InChI is InChI=1S/C44H37N3/c1-34-17-15-27-40(29-34)47(41-28-16-18-35(2)30-41)44-32-42(45(36-19-7-3-8-20-36)37-21-9-4-10-22-37)31-43(33-44)46(38-23-11-5-12-24-38)39-25-13-6-14-26-39/h3-33H,1-2H3. The van der Waals surface area contributed by atoms with Crippen LogP contribution in [0.3, 0.4) is 0 Å². The zero-order chi connectivity index (χ0) is 32.0. The fourth-order valence-electron chi connectivity index (χ4n) is 6.15. The molecule has 0 fully saturated rings. The Bertz CT molecular complexity index is 1830. The second-order valence-electron chi connectivity index (χ2n) is 11.7. The first kappa shape index (κ1) is 29.6. The SMILES string of the molecule is Cc1cccc(N(c2cccc(C)c2)c2cc(N(c3ccccc3)c3ccccc3)cc(N(c3ccccc3)c3ccccc3)c2)c1. The van der Waals surface area contributed by atoms with E-state index in [4.69, 9.17) is 0 Å². The van der Waals surface area contributed by atoms with Crippen LogP contribution < -0.4 is 14.7 Å². The van der Waals surface area contributed by atoms with Gasteiger partial charge >= 0.3 is 0 Å². The van der Waals surface area contributed by atoms with E-state index >= 15 is 0 Å². The summed E-state index contributed by atoms with van der Waals surface area (Å²) in [5.74, 6) is 0. The van der Waals surface area contributed by atoms with E-state index in [1.165, 1.54) is 11.1 Å². The van der Waals surface area contributed by atoms with Gasteiger partial charge in [0.25, 0.3) is 0 Å². The number of hydrogen-bond donors (Lipinski definition) is 0. The van der Waals surface area contributed by atoms with Crippen LogP contribution in [0.15, 0.2) is 188 Å². The maximum Gasteiger partial charge on any atom is 0.0503 e. The fraction of sp³-hybridized carbons (Fsp3) is 0.0455. The van der Waals surface area contributed by atoms with Crippen molar-refractivity contribution in [1.29, 1.82) is 0 Å². The van der Waals surface area contributed by atoms with E-state index in [9.17, 15) is 0 Å². The quantitative estimate of drug-likeness (QED) is 0.162. The molecule has 0 unspecified atom stereocenters. The van der Waals surface area contributed by atoms with Crippen LogP contribution >= 0.6 is 0 Å². The van der Waals surface area contributed by atoms with Crippen molar-refractivity contribution < 1.29 is 0 Å². The van der Waals surface area contributed by atoms with E-state index in [0.717, 1.165) is 51.2 Å². The second kappa shape index (κ2) is 13.5. The molecule has 7 aromatic rings. The summed E-state index contributed by atoms with van der Waals surface area (Å²) in [5.41, 5.74) is 12.2. The summed E-state index contributed by atoms with van der Waals surface area (Å²) in [5, 5.41) is 0. The van der Waals surface area contributed by atoms with E-state index in [1.807, 2.05) is 0 Å². The summed E-state index contributed by atoms with van der Waals surface area (Å²) in [6, 6.07) is 66.8. The molecule has 3 heteroatoms. The van der Waals surface area contributed by atoms with Gasteiger partial charge in [-0.05, 0) is 116 Å². The first-order valence-electron chi connectivity index (χ1n) is 16.0. The summed E-state index contributed by atoms with van der Waals surface area (Å²) in [6.45, 7) is 4.30. The minimum Gasteiger partial charge on any atom is -0.310 e. The van der Waals surface area contributed by atoms with Crippen molar-refractivity contribution in [2.45, 2.75) is 13.8 Å².